The summed E-state index contributed by atoms with van der Waals surface area (Å²) >= 11 is 3.33. The maximum absolute atomic E-state index is 12.1. The molecular formula is C18H17BrN2O5S. The van der Waals surface area contributed by atoms with Crippen LogP contribution in [-0.2, 0) is 24.3 Å². The van der Waals surface area contributed by atoms with E-state index in [1.54, 1.807) is 6.08 Å². The van der Waals surface area contributed by atoms with Crippen LogP contribution in [0.5, 0.6) is 0 Å². The first-order valence-electron chi connectivity index (χ1n) is 7.73. The predicted molar refractivity (Wildman–Crippen MR) is 105 cm³/mol. The average molecular weight is 453 g/mol. The average Bonchev–Trinajstić information content (AvgIpc) is 2.59. The fourth-order valence-corrected chi connectivity index (χ4v) is 2.95. The third-order valence-electron chi connectivity index (χ3n) is 3.37. The molecule has 0 unspecified atom stereocenters. The van der Waals surface area contributed by atoms with Crippen LogP contribution in [0.3, 0.4) is 0 Å². The van der Waals surface area contributed by atoms with Crippen LogP contribution in [0.25, 0.3) is 6.08 Å². The fourth-order valence-electron chi connectivity index (χ4n) is 2.01. The summed E-state index contributed by atoms with van der Waals surface area (Å²) in [5.74, 6) is -1.22. The number of rotatable bonds is 6. The van der Waals surface area contributed by atoms with Crippen molar-refractivity contribution in [3.05, 3.63) is 64.6 Å². The summed E-state index contributed by atoms with van der Waals surface area (Å²) in [6.07, 6.45) is 1.76. The number of hydrogen-bond acceptors (Lipinski definition) is 5. The van der Waals surface area contributed by atoms with Crippen LogP contribution in [0.15, 0.2) is 64.0 Å². The van der Waals surface area contributed by atoms with Crippen LogP contribution in [0.4, 0.5) is 5.69 Å². The van der Waals surface area contributed by atoms with E-state index in [1.165, 1.54) is 37.3 Å². The number of nitrogens with two attached hydrogens (primary N) is 1. The number of nitrogens with one attached hydrogen (secondary N) is 1. The number of ether oxygens (including phenoxy) is 1. The van der Waals surface area contributed by atoms with Crippen molar-refractivity contribution < 1.29 is 22.7 Å². The summed E-state index contributed by atoms with van der Waals surface area (Å²) in [4.78, 5) is 23.9. The maximum Gasteiger partial charge on any atom is 0.331 e. The van der Waals surface area contributed by atoms with Crippen molar-refractivity contribution in [2.45, 2.75) is 17.9 Å². The number of primary sulfonamides is 1. The Hall–Kier alpha value is -2.49. The normalized spacial score (nSPS) is 12.6. The molecule has 0 spiro atoms. The number of anilines is 1. The highest BCUT2D eigenvalue weighted by Gasteiger charge is 2.17. The molecule has 0 saturated carbocycles. The Morgan fingerprint density at radius 3 is 2.44 bits per heavy atom. The molecule has 2 aromatic rings. The minimum Gasteiger partial charge on any atom is -0.449 e. The zero-order valence-electron chi connectivity index (χ0n) is 14.3. The minimum absolute atomic E-state index is 0.0716. The lowest BCUT2D eigenvalue weighted by Crippen LogP contribution is -2.29. The number of amides is 1. The van der Waals surface area contributed by atoms with Gasteiger partial charge in [0, 0.05) is 16.2 Å². The molecule has 2 rings (SSSR count). The lowest BCUT2D eigenvalue weighted by molar-refractivity contribution is -0.148. The lowest BCUT2D eigenvalue weighted by atomic mass is 10.2. The number of carbonyl (C=O) groups is 2. The van der Waals surface area contributed by atoms with E-state index in [0.29, 0.717) is 5.69 Å². The first-order chi connectivity index (χ1) is 12.6. The summed E-state index contributed by atoms with van der Waals surface area (Å²) in [5.41, 5.74) is 1.15. The topological polar surface area (TPSA) is 116 Å². The molecule has 0 fully saturated rings. The number of benzene rings is 2. The van der Waals surface area contributed by atoms with Crippen LogP contribution in [0.1, 0.15) is 12.5 Å². The Balaban J connectivity index is 1.92. The molecule has 1 amide bonds. The van der Waals surface area contributed by atoms with Gasteiger partial charge in [0.2, 0.25) is 10.0 Å². The summed E-state index contributed by atoms with van der Waals surface area (Å²) in [7, 11) is -3.80. The van der Waals surface area contributed by atoms with E-state index in [2.05, 4.69) is 21.2 Å². The van der Waals surface area contributed by atoms with Gasteiger partial charge < -0.3 is 10.1 Å². The molecule has 142 valence electrons. The van der Waals surface area contributed by atoms with Gasteiger partial charge in [-0.05, 0) is 55.0 Å². The molecule has 0 saturated heterocycles. The number of halogens is 1. The molecule has 7 nitrogen and oxygen atoms in total. The summed E-state index contributed by atoms with van der Waals surface area (Å²) in [6, 6.07) is 12.6. The van der Waals surface area contributed by atoms with E-state index in [9.17, 15) is 18.0 Å². The number of sulfonamides is 1. The van der Waals surface area contributed by atoms with Gasteiger partial charge in [0.05, 0.1) is 4.90 Å². The van der Waals surface area contributed by atoms with E-state index in [-0.39, 0.29) is 4.90 Å². The van der Waals surface area contributed by atoms with Crippen LogP contribution in [-0.4, -0.2) is 26.4 Å². The molecular weight excluding hydrogens is 436 g/mol. The van der Waals surface area contributed by atoms with Gasteiger partial charge in [0.25, 0.3) is 5.91 Å². The Kier molecular flexibility index (Phi) is 6.89. The van der Waals surface area contributed by atoms with Gasteiger partial charge in [0.1, 0.15) is 0 Å². The zero-order chi connectivity index (χ0) is 20.0. The molecule has 27 heavy (non-hydrogen) atoms. The monoisotopic (exact) mass is 452 g/mol. The highest BCUT2D eigenvalue weighted by atomic mass is 79.9. The van der Waals surface area contributed by atoms with Crippen molar-refractivity contribution in [3.63, 3.8) is 0 Å². The van der Waals surface area contributed by atoms with Gasteiger partial charge in [-0.2, -0.15) is 0 Å². The van der Waals surface area contributed by atoms with E-state index in [4.69, 9.17) is 9.88 Å². The highest BCUT2D eigenvalue weighted by Crippen LogP contribution is 2.14. The second-order valence-electron chi connectivity index (χ2n) is 5.53. The Bertz CT molecular complexity index is 972. The second kappa shape index (κ2) is 8.94. The van der Waals surface area contributed by atoms with E-state index >= 15 is 0 Å². The van der Waals surface area contributed by atoms with Crippen molar-refractivity contribution in [3.8, 4) is 0 Å². The summed E-state index contributed by atoms with van der Waals surface area (Å²) < 4.78 is 28.3. The SMILES string of the molecule is C[C@H](OC(=O)/C=C/c1cccc(Br)c1)C(=O)Nc1ccc(S(N)(=O)=O)cc1. The molecule has 0 aromatic heterocycles. The van der Waals surface area contributed by atoms with Crippen LogP contribution in [0.2, 0.25) is 0 Å². The molecule has 0 radical (unpaired) electrons. The van der Waals surface area contributed by atoms with Gasteiger partial charge in [0.15, 0.2) is 6.10 Å². The highest BCUT2D eigenvalue weighted by molar-refractivity contribution is 9.10. The minimum atomic E-state index is -3.80. The quantitative estimate of drug-likeness (QED) is 0.516. The first kappa shape index (κ1) is 20.8. The van der Waals surface area contributed by atoms with Gasteiger partial charge in [-0.3, -0.25) is 4.79 Å². The van der Waals surface area contributed by atoms with Crippen LogP contribution >= 0.6 is 15.9 Å². The lowest BCUT2D eigenvalue weighted by Gasteiger charge is -2.12. The number of esters is 1. The van der Waals surface area contributed by atoms with Crippen molar-refractivity contribution in [1.29, 1.82) is 0 Å². The molecule has 0 heterocycles. The van der Waals surface area contributed by atoms with Crippen LogP contribution in [0, 0.1) is 0 Å². The van der Waals surface area contributed by atoms with E-state index < -0.39 is 28.0 Å². The van der Waals surface area contributed by atoms with E-state index in [1.807, 2.05) is 24.3 Å². The summed E-state index contributed by atoms with van der Waals surface area (Å²) in [5, 5.41) is 7.53. The molecule has 3 N–H and O–H groups in total. The molecule has 1 atom stereocenters. The van der Waals surface area contributed by atoms with Gasteiger partial charge in [-0.15, -0.1) is 0 Å². The molecule has 0 aliphatic heterocycles. The molecule has 9 heteroatoms. The standard InChI is InChI=1S/C18H17BrN2O5S/c1-12(26-17(22)10-5-13-3-2-4-14(19)11-13)18(23)21-15-6-8-16(9-7-15)27(20,24)25/h2-12H,1H3,(H,21,23)(H2,20,24,25)/b10-5+/t12-/m0/s1. The van der Waals surface area contributed by atoms with E-state index in [0.717, 1.165) is 10.0 Å². The predicted octanol–water partition coefficient (Wildman–Crippen LogP) is 2.68. The smallest absolute Gasteiger partial charge is 0.331 e. The third-order valence-corrected chi connectivity index (χ3v) is 4.80. The van der Waals surface area contributed by atoms with Crippen molar-refractivity contribution in [2.24, 2.45) is 5.14 Å². The molecule has 0 bridgehead atoms. The van der Waals surface area contributed by atoms with Crippen molar-refractivity contribution in [2.75, 3.05) is 5.32 Å². The summed E-state index contributed by atoms with van der Waals surface area (Å²) in [6.45, 7) is 1.43. The molecule has 0 aliphatic rings. The first-order valence-corrected chi connectivity index (χ1v) is 10.1. The van der Waals surface area contributed by atoms with Gasteiger partial charge in [-0.25, -0.2) is 18.4 Å². The molecule has 2 aromatic carbocycles. The number of carbonyl (C=O) groups excluding carboxylic acids is 2. The largest absolute Gasteiger partial charge is 0.449 e. The Morgan fingerprint density at radius 1 is 1.19 bits per heavy atom. The van der Waals surface area contributed by atoms with Gasteiger partial charge >= 0.3 is 5.97 Å². The van der Waals surface area contributed by atoms with Gasteiger partial charge in [-0.1, -0.05) is 28.1 Å². The Labute approximate surface area is 165 Å². The van der Waals surface area contributed by atoms with Crippen molar-refractivity contribution >= 4 is 49.6 Å². The Morgan fingerprint density at radius 2 is 1.85 bits per heavy atom. The van der Waals surface area contributed by atoms with Crippen molar-refractivity contribution in [1.82, 2.24) is 0 Å². The third kappa shape index (κ3) is 6.63. The molecule has 0 aliphatic carbocycles. The number of hydrogen-bond donors (Lipinski definition) is 2. The zero-order valence-corrected chi connectivity index (χ0v) is 16.7. The fraction of sp³-hybridized carbons (Fsp3) is 0.111. The second-order valence-corrected chi connectivity index (χ2v) is 8.00. The maximum atomic E-state index is 12.1. The van der Waals surface area contributed by atoms with Crippen LogP contribution < -0.4 is 10.5 Å².